The van der Waals surface area contributed by atoms with E-state index in [0.717, 1.165) is 6.42 Å². The van der Waals surface area contributed by atoms with Gasteiger partial charge in [0.1, 0.15) is 0 Å². The van der Waals surface area contributed by atoms with Crippen LogP contribution in [-0.4, -0.2) is 18.2 Å². The topological polar surface area (TPSA) is 46.2 Å². The molecule has 0 aromatic carbocycles. The van der Waals surface area contributed by atoms with Gasteiger partial charge in [-0.1, -0.05) is 27.7 Å². The number of hydrogen-bond donors (Lipinski definition) is 1. The van der Waals surface area contributed by atoms with Crippen LogP contribution in [0.3, 0.4) is 0 Å². The molecule has 0 aromatic heterocycles. The SMILES string of the molecule is CC(C)C(=O)CNC(=O)C1CC1(C)C. The van der Waals surface area contributed by atoms with E-state index in [-0.39, 0.29) is 35.5 Å². The van der Waals surface area contributed by atoms with Crippen LogP contribution in [0.15, 0.2) is 0 Å². The number of Topliss-reactive ketones (excluding diaryl/α,β-unsaturated/α-hetero) is 1. The Morgan fingerprint density at radius 1 is 1.43 bits per heavy atom. The van der Waals surface area contributed by atoms with Gasteiger partial charge in [0.15, 0.2) is 5.78 Å². The number of carbonyl (C=O) groups excluding carboxylic acids is 2. The van der Waals surface area contributed by atoms with Crippen molar-refractivity contribution in [2.75, 3.05) is 6.54 Å². The van der Waals surface area contributed by atoms with E-state index in [4.69, 9.17) is 0 Å². The molecule has 1 saturated carbocycles. The summed E-state index contributed by atoms with van der Waals surface area (Å²) < 4.78 is 0. The molecule has 80 valence electrons. The van der Waals surface area contributed by atoms with Crippen molar-refractivity contribution >= 4 is 11.7 Å². The van der Waals surface area contributed by atoms with E-state index in [1.807, 2.05) is 13.8 Å². The minimum atomic E-state index is 0.00233. The molecule has 1 fully saturated rings. The molecule has 0 radical (unpaired) electrons. The largest absolute Gasteiger partial charge is 0.349 e. The Labute approximate surface area is 85.3 Å². The molecule has 14 heavy (non-hydrogen) atoms. The zero-order chi connectivity index (χ0) is 10.9. The summed E-state index contributed by atoms with van der Waals surface area (Å²) in [5.41, 5.74) is 0.144. The van der Waals surface area contributed by atoms with Gasteiger partial charge in [-0.15, -0.1) is 0 Å². The standard InChI is InChI=1S/C11H19NO2/c1-7(2)9(13)6-12-10(14)8-5-11(8,3)4/h7-8H,5-6H2,1-4H3,(H,12,14). The van der Waals surface area contributed by atoms with E-state index in [1.165, 1.54) is 0 Å². The van der Waals surface area contributed by atoms with E-state index in [1.54, 1.807) is 0 Å². The van der Waals surface area contributed by atoms with Crippen LogP contribution < -0.4 is 5.32 Å². The number of hydrogen-bond acceptors (Lipinski definition) is 2. The first-order chi connectivity index (χ1) is 6.34. The Bertz CT molecular complexity index is 256. The molecule has 0 aliphatic heterocycles. The van der Waals surface area contributed by atoms with E-state index in [0.29, 0.717) is 0 Å². The third-order valence-electron chi connectivity index (χ3n) is 2.91. The predicted octanol–water partition coefficient (Wildman–Crippen LogP) is 1.37. The summed E-state index contributed by atoms with van der Waals surface area (Å²) in [6.07, 6.45) is 0.939. The highest BCUT2D eigenvalue weighted by Crippen LogP contribution is 2.51. The van der Waals surface area contributed by atoms with E-state index < -0.39 is 0 Å². The van der Waals surface area contributed by atoms with Gasteiger partial charge in [-0.05, 0) is 11.8 Å². The Morgan fingerprint density at radius 3 is 2.29 bits per heavy atom. The fraction of sp³-hybridized carbons (Fsp3) is 0.818. The summed E-state index contributed by atoms with van der Waals surface area (Å²) >= 11 is 0. The van der Waals surface area contributed by atoms with Gasteiger partial charge in [0.2, 0.25) is 5.91 Å². The van der Waals surface area contributed by atoms with Crippen molar-refractivity contribution in [1.82, 2.24) is 5.32 Å². The molecule has 0 bridgehead atoms. The Hall–Kier alpha value is -0.860. The first-order valence-corrected chi connectivity index (χ1v) is 5.15. The monoisotopic (exact) mass is 197 g/mol. The minimum absolute atomic E-state index is 0.00233. The summed E-state index contributed by atoms with van der Waals surface area (Å²) in [5.74, 6) is 0.241. The van der Waals surface area contributed by atoms with Crippen LogP contribution in [0.5, 0.6) is 0 Å². The van der Waals surface area contributed by atoms with Gasteiger partial charge in [0.05, 0.1) is 6.54 Å². The summed E-state index contributed by atoms with van der Waals surface area (Å²) in [6.45, 7) is 8.01. The van der Waals surface area contributed by atoms with Crippen molar-refractivity contribution in [3.63, 3.8) is 0 Å². The van der Waals surface area contributed by atoms with Gasteiger partial charge in [-0.25, -0.2) is 0 Å². The normalized spacial score (nSPS) is 23.4. The van der Waals surface area contributed by atoms with Crippen LogP contribution in [0.2, 0.25) is 0 Å². The maximum atomic E-state index is 11.5. The Kier molecular flexibility index (Phi) is 2.98. The molecule has 1 unspecified atom stereocenters. The molecule has 3 nitrogen and oxygen atoms in total. The number of rotatable bonds is 4. The summed E-state index contributed by atoms with van der Waals surface area (Å²) in [7, 11) is 0. The van der Waals surface area contributed by atoms with Gasteiger partial charge in [0, 0.05) is 11.8 Å². The van der Waals surface area contributed by atoms with Crippen LogP contribution in [0.4, 0.5) is 0 Å². The third kappa shape index (κ3) is 2.56. The van der Waals surface area contributed by atoms with E-state index in [2.05, 4.69) is 19.2 Å². The molecule has 1 N–H and O–H groups in total. The van der Waals surface area contributed by atoms with Crippen LogP contribution in [0, 0.1) is 17.3 Å². The van der Waals surface area contributed by atoms with Gasteiger partial charge in [-0.3, -0.25) is 9.59 Å². The van der Waals surface area contributed by atoms with Crippen molar-refractivity contribution < 1.29 is 9.59 Å². The van der Waals surface area contributed by atoms with Crippen LogP contribution in [0.25, 0.3) is 0 Å². The Morgan fingerprint density at radius 2 is 1.93 bits per heavy atom. The quantitative estimate of drug-likeness (QED) is 0.740. The van der Waals surface area contributed by atoms with Crippen molar-refractivity contribution in [2.45, 2.75) is 34.1 Å². The van der Waals surface area contributed by atoms with Crippen molar-refractivity contribution in [2.24, 2.45) is 17.3 Å². The molecule has 0 aromatic rings. The Balaban J connectivity index is 2.27. The first-order valence-electron chi connectivity index (χ1n) is 5.15. The van der Waals surface area contributed by atoms with E-state index >= 15 is 0 Å². The second-order valence-corrected chi connectivity index (χ2v) is 5.08. The van der Waals surface area contributed by atoms with Gasteiger partial charge in [-0.2, -0.15) is 0 Å². The molecule has 1 aliphatic rings. The first kappa shape index (κ1) is 11.2. The minimum Gasteiger partial charge on any atom is -0.349 e. The maximum Gasteiger partial charge on any atom is 0.224 e. The summed E-state index contributed by atoms with van der Waals surface area (Å²) in [5, 5.41) is 2.69. The second kappa shape index (κ2) is 3.71. The van der Waals surface area contributed by atoms with Crippen LogP contribution in [0.1, 0.15) is 34.1 Å². The van der Waals surface area contributed by atoms with Crippen molar-refractivity contribution in [3.05, 3.63) is 0 Å². The van der Waals surface area contributed by atoms with Gasteiger partial charge in [0.25, 0.3) is 0 Å². The van der Waals surface area contributed by atoms with Crippen LogP contribution >= 0.6 is 0 Å². The third-order valence-corrected chi connectivity index (χ3v) is 2.91. The van der Waals surface area contributed by atoms with E-state index in [9.17, 15) is 9.59 Å². The maximum absolute atomic E-state index is 11.5. The summed E-state index contributed by atoms with van der Waals surface area (Å²) in [6, 6.07) is 0. The lowest BCUT2D eigenvalue weighted by Crippen LogP contribution is -2.33. The van der Waals surface area contributed by atoms with Crippen molar-refractivity contribution in [3.8, 4) is 0 Å². The highest BCUT2D eigenvalue weighted by atomic mass is 16.2. The predicted molar refractivity (Wildman–Crippen MR) is 54.7 cm³/mol. The van der Waals surface area contributed by atoms with Gasteiger partial charge < -0.3 is 5.32 Å². The number of carbonyl (C=O) groups is 2. The number of ketones is 1. The number of nitrogens with one attached hydrogen (secondary N) is 1. The number of amides is 1. The smallest absolute Gasteiger partial charge is 0.224 e. The molecular weight excluding hydrogens is 178 g/mol. The zero-order valence-electron chi connectivity index (χ0n) is 9.39. The molecule has 0 saturated heterocycles. The lowest BCUT2D eigenvalue weighted by atomic mass is 10.1. The second-order valence-electron chi connectivity index (χ2n) is 5.08. The zero-order valence-corrected chi connectivity index (χ0v) is 9.39. The molecule has 1 amide bonds. The highest BCUT2D eigenvalue weighted by Gasteiger charge is 2.50. The molecular formula is C11H19NO2. The average molecular weight is 197 g/mol. The van der Waals surface area contributed by atoms with Crippen molar-refractivity contribution in [1.29, 1.82) is 0 Å². The lowest BCUT2D eigenvalue weighted by molar-refractivity contribution is -0.127. The molecule has 1 rings (SSSR count). The molecule has 0 spiro atoms. The molecule has 1 aliphatic carbocycles. The molecule has 3 heteroatoms. The lowest BCUT2D eigenvalue weighted by Gasteiger charge is -2.07. The van der Waals surface area contributed by atoms with Crippen LogP contribution in [-0.2, 0) is 9.59 Å². The average Bonchev–Trinajstić information content (AvgIpc) is 2.70. The fourth-order valence-corrected chi connectivity index (χ4v) is 1.42. The summed E-state index contributed by atoms with van der Waals surface area (Å²) in [4.78, 5) is 22.7. The van der Waals surface area contributed by atoms with Gasteiger partial charge >= 0.3 is 0 Å². The fourth-order valence-electron chi connectivity index (χ4n) is 1.42. The molecule has 1 atom stereocenters. The highest BCUT2D eigenvalue weighted by molar-refractivity contribution is 5.89. The molecule has 0 heterocycles.